The molecule has 1 nitrogen and oxygen atoms in total. The summed E-state index contributed by atoms with van der Waals surface area (Å²) in [5.41, 5.74) is 0. The van der Waals surface area contributed by atoms with Crippen molar-refractivity contribution in [3.63, 3.8) is 0 Å². The maximum atomic E-state index is 10.9. The predicted molar refractivity (Wildman–Crippen MR) is 51.0 cm³/mol. The summed E-state index contributed by atoms with van der Waals surface area (Å²) in [7, 11) is 0. The lowest BCUT2D eigenvalue weighted by Gasteiger charge is -1.96. The molecular formula is C7H14OS2. The molecule has 0 amide bonds. The van der Waals surface area contributed by atoms with Crippen molar-refractivity contribution < 1.29 is 4.79 Å². The van der Waals surface area contributed by atoms with Crippen molar-refractivity contribution in [2.75, 3.05) is 24.0 Å². The highest BCUT2D eigenvalue weighted by atomic mass is 32.2. The quantitative estimate of drug-likeness (QED) is 0.620. The zero-order valence-corrected chi connectivity index (χ0v) is 8.19. The van der Waals surface area contributed by atoms with Crippen molar-refractivity contribution in [1.29, 1.82) is 0 Å². The van der Waals surface area contributed by atoms with E-state index in [-0.39, 0.29) is 0 Å². The second-order valence-electron chi connectivity index (χ2n) is 2.02. The number of carbonyl (C=O) groups is 1. The number of hydrogen-bond acceptors (Lipinski definition) is 3. The fourth-order valence-electron chi connectivity index (χ4n) is 0.557. The van der Waals surface area contributed by atoms with Crippen LogP contribution < -0.4 is 0 Å². The molecule has 0 N–H and O–H groups in total. The van der Waals surface area contributed by atoms with E-state index >= 15 is 0 Å². The Labute approximate surface area is 71.3 Å². The van der Waals surface area contributed by atoms with E-state index in [0.29, 0.717) is 5.78 Å². The summed E-state index contributed by atoms with van der Waals surface area (Å²) in [6.07, 6.45) is 5.56. The molecule has 0 radical (unpaired) electrons. The van der Waals surface area contributed by atoms with Gasteiger partial charge < -0.3 is 0 Å². The van der Waals surface area contributed by atoms with Gasteiger partial charge in [0.1, 0.15) is 5.78 Å². The van der Waals surface area contributed by atoms with Crippen LogP contribution in [0.5, 0.6) is 0 Å². The van der Waals surface area contributed by atoms with Gasteiger partial charge in [-0.1, -0.05) is 0 Å². The van der Waals surface area contributed by atoms with Crippen LogP contribution in [-0.4, -0.2) is 29.8 Å². The standard InChI is InChI=1S/C7H14OS2/c1-9-5-3-7(8)4-6-10-2/h3-6H2,1-2H3. The normalized spacial score (nSPS) is 9.80. The molecule has 0 saturated heterocycles. The van der Waals surface area contributed by atoms with Gasteiger partial charge in [0.15, 0.2) is 0 Å². The topological polar surface area (TPSA) is 17.1 Å². The molecule has 0 atom stereocenters. The van der Waals surface area contributed by atoms with Crippen molar-refractivity contribution in [3.05, 3.63) is 0 Å². The smallest absolute Gasteiger partial charge is 0.134 e. The first kappa shape index (κ1) is 10.4. The molecule has 0 aromatic heterocycles. The Balaban J connectivity index is 3.09. The van der Waals surface area contributed by atoms with Gasteiger partial charge in [0.2, 0.25) is 0 Å². The van der Waals surface area contributed by atoms with E-state index in [1.54, 1.807) is 23.5 Å². The average Bonchev–Trinajstić information content (AvgIpc) is 1.97. The number of carbonyl (C=O) groups excluding carboxylic acids is 1. The molecule has 60 valence electrons. The van der Waals surface area contributed by atoms with Gasteiger partial charge in [0, 0.05) is 12.8 Å². The van der Waals surface area contributed by atoms with E-state index in [2.05, 4.69) is 0 Å². The minimum Gasteiger partial charge on any atom is -0.300 e. The van der Waals surface area contributed by atoms with E-state index in [1.807, 2.05) is 12.5 Å². The Morgan fingerprint density at radius 3 is 1.80 bits per heavy atom. The van der Waals surface area contributed by atoms with Gasteiger partial charge >= 0.3 is 0 Å². The maximum Gasteiger partial charge on any atom is 0.134 e. The zero-order valence-electron chi connectivity index (χ0n) is 6.55. The summed E-state index contributed by atoms with van der Waals surface area (Å²) in [6, 6.07) is 0. The number of ketones is 1. The fourth-order valence-corrected chi connectivity index (χ4v) is 1.42. The molecule has 0 rings (SSSR count). The Bertz CT molecular complexity index is 83.6. The summed E-state index contributed by atoms with van der Waals surface area (Å²) in [5.74, 6) is 2.36. The number of hydrogen-bond donors (Lipinski definition) is 0. The van der Waals surface area contributed by atoms with E-state index in [9.17, 15) is 4.79 Å². The van der Waals surface area contributed by atoms with Crippen LogP contribution in [0, 0.1) is 0 Å². The lowest BCUT2D eigenvalue weighted by atomic mass is 10.2. The lowest BCUT2D eigenvalue weighted by molar-refractivity contribution is -0.118. The Morgan fingerprint density at radius 1 is 1.10 bits per heavy atom. The molecule has 0 aliphatic rings. The molecule has 0 heterocycles. The predicted octanol–water partition coefficient (Wildman–Crippen LogP) is 2.06. The molecule has 3 heteroatoms. The first-order valence-corrected chi connectivity index (χ1v) is 6.09. The Hall–Kier alpha value is 0.370. The second-order valence-corrected chi connectivity index (χ2v) is 4.00. The van der Waals surface area contributed by atoms with Gasteiger partial charge in [-0.3, -0.25) is 4.79 Å². The van der Waals surface area contributed by atoms with Crippen molar-refractivity contribution in [2.45, 2.75) is 12.8 Å². The molecule has 10 heavy (non-hydrogen) atoms. The van der Waals surface area contributed by atoms with Gasteiger partial charge in [0.05, 0.1) is 0 Å². The number of rotatable bonds is 6. The number of thioether (sulfide) groups is 2. The van der Waals surface area contributed by atoms with Crippen LogP contribution in [0.15, 0.2) is 0 Å². The third-order valence-electron chi connectivity index (χ3n) is 1.17. The van der Waals surface area contributed by atoms with Crippen LogP contribution in [0.4, 0.5) is 0 Å². The van der Waals surface area contributed by atoms with Crippen molar-refractivity contribution in [1.82, 2.24) is 0 Å². The molecule has 0 aromatic carbocycles. The highest BCUT2D eigenvalue weighted by molar-refractivity contribution is 7.98. The molecule has 0 fully saturated rings. The maximum absolute atomic E-state index is 10.9. The van der Waals surface area contributed by atoms with Crippen molar-refractivity contribution in [3.8, 4) is 0 Å². The van der Waals surface area contributed by atoms with Gasteiger partial charge in [-0.15, -0.1) is 0 Å². The Morgan fingerprint density at radius 2 is 1.50 bits per heavy atom. The molecule has 0 aliphatic carbocycles. The molecular weight excluding hydrogens is 164 g/mol. The van der Waals surface area contributed by atoms with Crippen LogP contribution in [0.2, 0.25) is 0 Å². The summed E-state index contributed by atoms with van der Waals surface area (Å²) in [5, 5.41) is 0. The minimum atomic E-state index is 0.406. The first-order valence-electron chi connectivity index (χ1n) is 3.31. The second kappa shape index (κ2) is 7.48. The fraction of sp³-hybridized carbons (Fsp3) is 0.857. The largest absolute Gasteiger partial charge is 0.300 e. The van der Waals surface area contributed by atoms with Crippen molar-refractivity contribution >= 4 is 29.3 Å². The summed E-state index contributed by atoms with van der Waals surface area (Å²) in [6.45, 7) is 0. The van der Waals surface area contributed by atoms with Crippen LogP contribution in [0.3, 0.4) is 0 Å². The summed E-state index contributed by atoms with van der Waals surface area (Å²) >= 11 is 3.47. The zero-order chi connectivity index (χ0) is 7.82. The monoisotopic (exact) mass is 178 g/mol. The highest BCUT2D eigenvalue weighted by Gasteiger charge is 1.98. The van der Waals surface area contributed by atoms with Crippen LogP contribution in [0.25, 0.3) is 0 Å². The van der Waals surface area contributed by atoms with Crippen LogP contribution >= 0.6 is 23.5 Å². The van der Waals surface area contributed by atoms with Crippen LogP contribution in [0.1, 0.15) is 12.8 Å². The first-order chi connectivity index (χ1) is 4.81. The molecule has 0 aromatic rings. The third-order valence-corrected chi connectivity index (χ3v) is 2.39. The van der Waals surface area contributed by atoms with E-state index in [4.69, 9.17) is 0 Å². The van der Waals surface area contributed by atoms with Gasteiger partial charge in [0.25, 0.3) is 0 Å². The highest BCUT2D eigenvalue weighted by Crippen LogP contribution is 2.02. The SMILES string of the molecule is CSCCC(=O)CCSC. The summed E-state index contributed by atoms with van der Waals surface area (Å²) in [4.78, 5) is 10.9. The van der Waals surface area contributed by atoms with E-state index in [0.717, 1.165) is 24.3 Å². The molecule has 0 spiro atoms. The Kier molecular flexibility index (Phi) is 7.75. The molecule has 0 unspecified atom stereocenters. The van der Waals surface area contributed by atoms with E-state index < -0.39 is 0 Å². The lowest BCUT2D eigenvalue weighted by Crippen LogP contribution is -2.00. The van der Waals surface area contributed by atoms with Gasteiger partial charge in [-0.05, 0) is 24.0 Å². The third kappa shape index (κ3) is 6.49. The van der Waals surface area contributed by atoms with Gasteiger partial charge in [-0.2, -0.15) is 23.5 Å². The van der Waals surface area contributed by atoms with Gasteiger partial charge in [-0.25, -0.2) is 0 Å². The average molecular weight is 178 g/mol. The minimum absolute atomic E-state index is 0.406. The van der Waals surface area contributed by atoms with Crippen LogP contribution in [-0.2, 0) is 4.79 Å². The number of Topliss-reactive ketones (excluding diaryl/α,β-unsaturated/α-hetero) is 1. The van der Waals surface area contributed by atoms with Crippen molar-refractivity contribution in [2.24, 2.45) is 0 Å². The van der Waals surface area contributed by atoms with E-state index in [1.165, 1.54) is 0 Å². The molecule has 0 bridgehead atoms. The summed E-state index contributed by atoms with van der Waals surface area (Å²) < 4.78 is 0. The molecule has 0 saturated carbocycles. The molecule has 0 aliphatic heterocycles.